The van der Waals surface area contributed by atoms with Crippen molar-refractivity contribution in [3.63, 3.8) is 0 Å². The maximum absolute atomic E-state index is 14.7. The average Bonchev–Trinajstić information content (AvgIpc) is 2.96. The number of nitrogens with zero attached hydrogens (tertiary/aromatic N) is 3. The molecule has 1 aromatic heterocycles. The fraction of sp³-hybridized carbons (Fsp3) is 0.290. The summed E-state index contributed by atoms with van der Waals surface area (Å²) in [5, 5.41) is 3.52. The van der Waals surface area contributed by atoms with E-state index >= 15 is 0 Å². The first-order chi connectivity index (χ1) is 19.3. The van der Waals surface area contributed by atoms with Crippen LogP contribution in [0.5, 0.6) is 0 Å². The van der Waals surface area contributed by atoms with Crippen LogP contribution in [0.4, 0.5) is 14.5 Å². The standard InChI is InChI=1S/C31H33F2N5O2/c1-21-29(36-16-15-35-24(18-36)17-22-9-4-2-5-10-22)30(39)38(20-28(34)23-11-6-3-7-12-23)31(40)37(21)19-25-26(32)13-8-14-27(25)33/h2-14,24,28,35H,15-20,34H2,1H3/t24?,28-/m0/s1. The lowest BCUT2D eigenvalue weighted by Gasteiger charge is -2.36. The minimum atomic E-state index is -0.753. The van der Waals surface area contributed by atoms with Crippen molar-refractivity contribution in [3.8, 4) is 0 Å². The van der Waals surface area contributed by atoms with Crippen LogP contribution in [0.15, 0.2) is 88.5 Å². The van der Waals surface area contributed by atoms with Gasteiger partial charge in [0.2, 0.25) is 0 Å². The van der Waals surface area contributed by atoms with Gasteiger partial charge in [-0.3, -0.25) is 13.9 Å². The third-order valence-electron chi connectivity index (χ3n) is 7.54. The van der Waals surface area contributed by atoms with Crippen molar-refractivity contribution in [2.45, 2.75) is 38.5 Å². The second-order valence-corrected chi connectivity index (χ2v) is 10.2. The van der Waals surface area contributed by atoms with Crippen molar-refractivity contribution in [2.24, 2.45) is 5.73 Å². The maximum Gasteiger partial charge on any atom is 0.331 e. The van der Waals surface area contributed by atoms with Gasteiger partial charge in [0.1, 0.15) is 17.3 Å². The molecule has 2 heterocycles. The normalized spacial score (nSPS) is 16.2. The first-order valence-electron chi connectivity index (χ1n) is 13.4. The highest BCUT2D eigenvalue weighted by atomic mass is 19.1. The molecule has 5 rings (SSSR count). The van der Waals surface area contributed by atoms with Crippen LogP contribution in [0, 0.1) is 18.6 Å². The number of rotatable bonds is 8. The molecule has 4 aromatic rings. The highest BCUT2D eigenvalue weighted by Gasteiger charge is 2.27. The second kappa shape index (κ2) is 12.0. The van der Waals surface area contributed by atoms with E-state index < -0.39 is 28.9 Å². The summed E-state index contributed by atoms with van der Waals surface area (Å²) >= 11 is 0. The van der Waals surface area contributed by atoms with Gasteiger partial charge in [-0.05, 0) is 36.6 Å². The Morgan fingerprint density at radius 3 is 2.25 bits per heavy atom. The van der Waals surface area contributed by atoms with Crippen molar-refractivity contribution in [1.29, 1.82) is 0 Å². The van der Waals surface area contributed by atoms with Crippen LogP contribution < -0.4 is 27.2 Å². The molecule has 0 bridgehead atoms. The molecular weight excluding hydrogens is 512 g/mol. The quantitative estimate of drug-likeness (QED) is 0.355. The largest absolute Gasteiger partial charge is 0.363 e. The van der Waals surface area contributed by atoms with Gasteiger partial charge >= 0.3 is 5.69 Å². The Balaban J connectivity index is 1.57. The number of hydrogen-bond acceptors (Lipinski definition) is 5. The Labute approximate surface area is 231 Å². The zero-order chi connectivity index (χ0) is 28.2. The highest BCUT2D eigenvalue weighted by molar-refractivity contribution is 5.50. The van der Waals surface area contributed by atoms with Crippen LogP contribution in [-0.4, -0.2) is 34.8 Å². The van der Waals surface area contributed by atoms with E-state index in [0.717, 1.165) is 28.7 Å². The Hall–Kier alpha value is -4.08. The molecule has 3 aromatic carbocycles. The number of benzene rings is 3. The summed E-state index contributed by atoms with van der Waals surface area (Å²) in [5.41, 5.74) is 7.74. The Bertz CT molecular complexity index is 1570. The zero-order valence-electron chi connectivity index (χ0n) is 22.4. The molecule has 1 saturated heterocycles. The van der Waals surface area contributed by atoms with Crippen molar-refractivity contribution < 1.29 is 8.78 Å². The Kier molecular flexibility index (Phi) is 8.23. The lowest BCUT2D eigenvalue weighted by atomic mass is 10.0. The third kappa shape index (κ3) is 5.76. The first kappa shape index (κ1) is 27.5. The molecule has 1 aliphatic heterocycles. The summed E-state index contributed by atoms with van der Waals surface area (Å²) in [4.78, 5) is 29.7. The molecule has 0 amide bonds. The van der Waals surface area contributed by atoms with E-state index in [1.807, 2.05) is 53.4 Å². The van der Waals surface area contributed by atoms with Crippen molar-refractivity contribution in [2.75, 3.05) is 24.5 Å². The number of halogens is 2. The van der Waals surface area contributed by atoms with Crippen LogP contribution >= 0.6 is 0 Å². The predicted molar refractivity (Wildman–Crippen MR) is 153 cm³/mol. The summed E-state index contributed by atoms with van der Waals surface area (Å²) in [7, 11) is 0. The number of piperazine rings is 1. The molecule has 9 heteroatoms. The van der Waals surface area contributed by atoms with E-state index in [0.29, 0.717) is 31.0 Å². The number of hydrogen-bond donors (Lipinski definition) is 2. The van der Waals surface area contributed by atoms with Gasteiger partial charge in [0.05, 0.1) is 13.1 Å². The fourth-order valence-corrected chi connectivity index (χ4v) is 5.41. The summed E-state index contributed by atoms with van der Waals surface area (Å²) in [5.74, 6) is -1.51. The van der Waals surface area contributed by atoms with Gasteiger partial charge in [0.25, 0.3) is 5.56 Å². The molecule has 2 atom stereocenters. The van der Waals surface area contributed by atoms with E-state index in [2.05, 4.69) is 17.4 Å². The van der Waals surface area contributed by atoms with Crippen molar-refractivity contribution >= 4 is 5.69 Å². The maximum atomic E-state index is 14.7. The molecule has 1 aliphatic rings. The molecule has 208 valence electrons. The molecule has 0 saturated carbocycles. The molecular formula is C31H33F2N5O2. The monoisotopic (exact) mass is 545 g/mol. The topological polar surface area (TPSA) is 85.3 Å². The summed E-state index contributed by atoms with van der Waals surface area (Å²) in [6.45, 7) is 2.94. The highest BCUT2D eigenvalue weighted by Crippen LogP contribution is 2.21. The second-order valence-electron chi connectivity index (χ2n) is 10.2. The molecule has 40 heavy (non-hydrogen) atoms. The van der Waals surface area contributed by atoms with Crippen LogP contribution in [0.25, 0.3) is 0 Å². The molecule has 7 nitrogen and oxygen atoms in total. The number of nitrogens with one attached hydrogen (secondary N) is 1. The van der Waals surface area contributed by atoms with Crippen LogP contribution in [-0.2, 0) is 19.5 Å². The summed E-state index contributed by atoms with van der Waals surface area (Å²) in [6, 6.07) is 22.3. The predicted octanol–water partition coefficient (Wildman–Crippen LogP) is 3.37. The molecule has 1 unspecified atom stereocenters. The molecule has 0 spiro atoms. The van der Waals surface area contributed by atoms with Crippen LogP contribution in [0.2, 0.25) is 0 Å². The van der Waals surface area contributed by atoms with Crippen molar-refractivity contribution in [1.82, 2.24) is 14.5 Å². The lowest BCUT2D eigenvalue weighted by molar-refractivity contribution is 0.445. The lowest BCUT2D eigenvalue weighted by Crippen LogP contribution is -2.55. The molecule has 0 aliphatic carbocycles. The number of nitrogens with two attached hydrogens (primary N) is 1. The van der Waals surface area contributed by atoms with Crippen molar-refractivity contribution in [3.05, 3.63) is 134 Å². The number of aromatic nitrogens is 2. The van der Waals surface area contributed by atoms with Gasteiger partial charge in [-0.2, -0.15) is 0 Å². The smallest absolute Gasteiger partial charge is 0.331 e. The third-order valence-corrected chi connectivity index (χ3v) is 7.54. The minimum absolute atomic E-state index is 0.0689. The van der Waals surface area contributed by atoms with Gasteiger partial charge in [-0.15, -0.1) is 0 Å². The summed E-state index contributed by atoms with van der Waals surface area (Å²) < 4.78 is 31.7. The van der Waals surface area contributed by atoms with Gasteiger partial charge < -0.3 is 16.0 Å². The van der Waals surface area contributed by atoms with Crippen LogP contribution in [0.1, 0.15) is 28.4 Å². The fourth-order valence-electron chi connectivity index (χ4n) is 5.41. The first-order valence-corrected chi connectivity index (χ1v) is 13.4. The molecule has 1 fully saturated rings. The van der Waals surface area contributed by atoms with E-state index in [1.165, 1.54) is 16.2 Å². The van der Waals surface area contributed by atoms with E-state index in [4.69, 9.17) is 5.73 Å². The summed E-state index contributed by atoms with van der Waals surface area (Å²) in [6.07, 6.45) is 0.767. The number of anilines is 1. The van der Waals surface area contributed by atoms with Gasteiger partial charge in [0.15, 0.2) is 0 Å². The van der Waals surface area contributed by atoms with Crippen LogP contribution in [0.3, 0.4) is 0 Å². The Morgan fingerprint density at radius 1 is 0.925 bits per heavy atom. The van der Waals surface area contributed by atoms with E-state index in [1.54, 1.807) is 6.92 Å². The molecule has 3 N–H and O–H groups in total. The zero-order valence-corrected chi connectivity index (χ0v) is 22.4. The van der Waals surface area contributed by atoms with E-state index in [-0.39, 0.29) is 24.7 Å². The van der Waals surface area contributed by atoms with Gasteiger partial charge in [-0.25, -0.2) is 13.6 Å². The van der Waals surface area contributed by atoms with E-state index in [9.17, 15) is 18.4 Å². The SMILES string of the molecule is Cc1c(N2CCNC(Cc3ccccc3)C2)c(=O)n(C[C@H](N)c2ccccc2)c(=O)n1Cc1c(F)cccc1F. The minimum Gasteiger partial charge on any atom is -0.363 e. The Morgan fingerprint density at radius 2 is 1.57 bits per heavy atom. The average molecular weight is 546 g/mol. The molecule has 0 radical (unpaired) electrons. The van der Waals surface area contributed by atoms with Gasteiger partial charge in [0, 0.05) is 43.0 Å². The van der Waals surface area contributed by atoms with Gasteiger partial charge in [-0.1, -0.05) is 66.7 Å².